The van der Waals surface area contributed by atoms with E-state index in [1.54, 1.807) is 7.11 Å². The van der Waals surface area contributed by atoms with Gasteiger partial charge in [-0.25, -0.2) is 9.97 Å². The number of hydrogen-bond donors (Lipinski definition) is 1. The monoisotopic (exact) mass is 292 g/mol. The second-order valence-electron chi connectivity index (χ2n) is 6.08. The predicted molar refractivity (Wildman–Crippen MR) is 86.7 cm³/mol. The van der Waals surface area contributed by atoms with E-state index in [0.717, 1.165) is 42.9 Å². The Morgan fingerprint density at radius 1 is 1.38 bits per heavy atom. The maximum Gasteiger partial charge on any atom is 0.158 e. The average Bonchev–Trinajstić information content (AvgIpc) is 3.26. The molecule has 0 unspecified atom stereocenters. The van der Waals surface area contributed by atoms with Crippen LogP contribution in [-0.4, -0.2) is 36.2 Å². The number of hydrogen-bond acceptors (Lipinski definition) is 5. The zero-order valence-electron chi connectivity index (χ0n) is 13.7. The van der Waals surface area contributed by atoms with Gasteiger partial charge in [-0.3, -0.25) is 0 Å². The Morgan fingerprint density at radius 3 is 2.71 bits per heavy atom. The van der Waals surface area contributed by atoms with Crippen LogP contribution in [0.15, 0.2) is 6.07 Å². The number of nitrogens with one attached hydrogen (secondary N) is 1. The third kappa shape index (κ3) is 4.84. The van der Waals surface area contributed by atoms with Crippen molar-refractivity contribution in [1.29, 1.82) is 0 Å². The summed E-state index contributed by atoms with van der Waals surface area (Å²) in [6, 6.07) is 2.51. The Kier molecular flexibility index (Phi) is 5.79. The van der Waals surface area contributed by atoms with Crippen molar-refractivity contribution in [1.82, 2.24) is 9.97 Å². The number of rotatable bonds is 9. The van der Waals surface area contributed by atoms with Gasteiger partial charge in [0.1, 0.15) is 18.2 Å². The van der Waals surface area contributed by atoms with Crippen molar-refractivity contribution in [3.8, 4) is 0 Å². The summed E-state index contributed by atoms with van der Waals surface area (Å²) in [6.07, 6.45) is 3.77. The smallest absolute Gasteiger partial charge is 0.158 e. The van der Waals surface area contributed by atoms with Gasteiger partial charge < -0.3 is 15.0 Å². The zero-order chi connectivity index (χ0) is 15.2. The largest absolute Gasteiger partial charge is 0.377 e. The minimum Gasteiger partial charge on any atom is -0.377 e. The lowest BCUT2D eigenvalue weighted by atomic mass is 10.2. The molecule has 1 saturated carbocycles. The first kappa shape index (κ1) is 16.0. The molecule has 0 spiro atoms. The molecule has 5 heteroatoms. The van der Waals surface area contributed by atoms with Gasteiger partial charge in [-0.2, -0.15) is 0 Å². The van der Waals surface area contributed by atoms with E-state index in [-0.39, 0.29) is 0 Å². The van der Waals surface area contributed by atoms with Crippen molar-refractivity contribution in [3.05, 3.63) is 11.9 Å². The van der Waals surface area contributed by atoms with E-state index in [0.29, 0.717) is 12.6 Å². The Labute approximate surface area is 128 Å². The van der Waals surface area contributed by atoms with Crippen LogP contribution in [0, 0.1) is 5.92 Å². The van der Waals surface area contributed by atoms with E-state index in [4.69, 9.17) is 4.74 Å². The van der Waals surface area contributed by atoms with Gasteiger partial charge in [-0.05, 0) is 39.0 Å². The Balaban J connectivity index is 2.22. The molecule has 0 atom stereocenters. The summed E-state index contributed by atoms with van der Waals surface area (Å²) in [5, 5.41) is 3.36. The van der Waals surface area contributed by atoms with Gasteiger partial charge in [0.2, 0.25) is 0 Å². The molecule has 1 heterocycles. The summed E-state index contributed by atoms with van der Waals surface area (Å²) in [5.41, 5.74) is 0. The molecule has 1 fully saturated rings. The van der Waals surface area contributed by atoms with Crippen LogP contribution in [0.1, 0.15) is 45.9 Å². The van der Waals surface area contributed by atoms with Gasteiger partial charge in [0.15, 0.2) is 5.82 Å². The second kappa shape index (κ2) is 7.59. The maximum absolute atomic E-state index is 5.20. The number of anilines is 2. The number of methoxy groups -OCH3 is 1. The van der Waals surface area contributed by atoms with Crippen LogP contribution in [-0.2, 0) is 11.3 Å². The molecular formula is C16H28N4O. The van der Waals surface area contributed by atoms with Crippen molar-refractivity contribution < 1.29 is 4.74 Å². The topological polar surface area (TPSA) is 50.3 Å². The summed E-state index contributed by atoms with van der Waals surface area (Å²) in [5.74, 6) is 3.49. The number of ether oxygens (including phenoxy) is 1. The molecular weight excluding hydrogens is 264 g/mol. The highest BCUT2D eigenvalue weighted by molar-refractivity contribution is 5.50. The lowest BCUT2D eigenvalue weighted by Crippen LogP contribution is -2.34. The molecule has 0 radical (unpaired) electrons. The summed E-state index contributed by atoms with van der Waals surface area (Å²) in [7, 11) is 1.68. The Bertz CT molecular complexity index is 446. The van der Waals surface area contributed by atoms with Crippen molar-refractivity contribution >= 4 is 11.6 Å². The molecule has 1 aromatic rings. The lowest BCUT2D eigenvalue weighted by molar-refractivity contribution is 0.178. The standard InChI is InChI=1S/C16H28N4O/c1-5-8-17-14-9-16(19-15(18-14)11-21-4)20(12(2)3)10-13-6-7-13/h9,12-13H,5-8,10-11H2,1-4H3,(H,17,18,19). The summed E-state index contributed by atoms with van der Waals surface area (Å²) in [6.45, 7) is 9.06. The summed E-state index contributed by atoms with van der Waals surface area (Å²) < 4.78 is 5.20. The highest BCUT2D eigenvalue weighted by Gasteiger charge is 2.26. The Hall–Kier alpha value is -1.36. The normalized spacial score (nSPS) is 14.5. The highest BCUT2D eigenvalue weighted by Crippen LogP contribution is 2.32. The first-order chi connectivity index (χ1) is 10.1. The number of aromatic nitrogens is 2. The van der Waals surface area contributed by atoms with Crippen LogP contribution in [0.25, 0.3) is 0 Å². The molecule has 0 amide bonds. The van der Waals surface area contributed by atoms with Gasteiger partial charge in [-0.15, -0.1) is 0 Å². The van der Waals surface area contributed by atoms with Gasteiger partial charge in [-0.1, -0.05) is 6.92 Å². The first-order valence-electron chi connectivity index (χ1n) is 8.01. The SMILES string of the molecule is CCCNc1cc(N(CC2CC2)C(C)C)nc(COC)n1. The molecule has 2 rings (SSSR count). The Morgan fingerprint density at radius 2 is 2.14 bits per heavy atom. The zero-order valence-corrected chi connectivity index (χ0v) is 13.7. The fourth-order valence-corrected chi connectivity index (χ4v) is 2.31. The fraction of sp³-hybridized carbons (Fsp3) is 0.750. The van der Waals surface area contributed by atoms with Gasteiger partial charge in [0.25, 0.3) is 0 Å². The molecule has 1 aromatic heterocycles. The van der Waals surface area contributed by atoms with Crippen LogP contribution in [0.5, 0.6) is 0 Å². The van der Waals surface area contributed by atoms with Gasteiger partial charge in [0.05, 0.1) is 0 Å². The maximum atomic E-state index is 5.20. The van der Waals surface area contributed by atoms with E-state index in [1.165, 1.54) is 12.8 Å². The quantitative estimate of drug-likeness (QED) is 0.758. The molecule has 0 aromatic carbocycles. The van der Waals surface area contributed by atoms with Crippen molar-refractivity contribution in [2.24, 2.45) is 5.92 Å². The minimum absolute atomic E-state index is 0.440. The van der Waals surface area contributed by atoms with E-state index >= 15 is 0 Å². The molecule has 1 N–H and O–H groups in total. The number of nitrogens with zero attached hydrogens (tertiary/aromatic N) is 3. The van der Waals surface area contributed by atoms with Crippen LogP contribution in [0.2, 0.25) is 0 Å². The lowest BCUT2D eigenvalue weighted by Gasteiger charge is -2.28. The molecule has 1 aliphatic carbocycles. The molecule has 0 bridgehead atoms. The van der Waals surface area contributed by atoms with Crippen molar-refractivity contribution in [2.75, 3.05) is 30.4 Å². The van der Waals surface area contributed by atoms with Crippen LogP contribution >= 0.6 is 0 Å². The second-order valence-corrected chi connectivity index (χ2v) is 6.08. The summed E-state index contributed by atoms with van der Waals surface area (Å²) in [4.78, 5) is 11.6. The average molecular weight is 292 g/mol. The molecule has 21 heavy (non-hydrogen) atoms. The van der Waals surface area contributed by atoms with Crippen LogP contribution < -0.4 is 10.2 Å². The molecule has 5 nitrogen and oxygen atoms in total. The third-order valence-electron chi connectivity index (χ3n) is 3.66. The molecule has 0 saturated heterocycles. The molecule has 118 valence electrons. The highest BCUT2D eigenvalue weighted by atomic mass is 16.5. The van der Waals surface area contributed by atoms with Gasteiger partial charge in [0, 0.05) is 32.3 Å². The van der Waals surface area contributed by atoms with E-state index in [1.807, 2.05) is 0 Å². The predicted octanol–water partition coefficient (Wildman–Crippen LogP) is 3.07. The van der Waals surface area contributed by atoms with E-state index in [2.05, 4.69) is 47.0 Å². The van der Waals surface area contributed by atoms with Crippen LogP contribution in [0.4, 0.5) is 11.6 Å². The van der Waals surface area contributed by atoms with E-state index < -0.39 is 0 Å². The molecule has 1 aliphatic rings. The van der Waals surface area contributed by atoms with Gasteiger partial charge >= 0.3 is 0 Å². The minimum atomic E-state index is 0.440. The van der Waals surface area contributed by atoms with Crippen LogP contribution in [0.3, 0.4) is 0 Å². The third-order valence-corrected chi connectivity index (χ3v) is 3.66. The summed E-state index contributed by atoms with van der Waals surface area (Å²) >= 11 is 0. The van der Waals surface area contributed by atoms with Crippen molar-refractivity contribution in [2.45, 2.75) is 52.7 Å². The van der Waals surface area contributed by atoms with E-state index in [9.17, 15) is 0 Å². The molecule has 0 aliphatic heterocycles. The first-order valence-corrected chi connectivity index (χ1v) is 8.01. The van der Waals surface area contributed by atoms with Crippen molar-refractivity contribution in [3.63, 3.8) is 0 Å². The fourth-order valence-electron chi connectivity index (χ4n) is 2.31.